The highest BCUT2D eigenvalue weighted by Gasteiger charge is 2.11. The number of nitrogens with zero attached hydrogens (tertiary/aromatic N) is 1. The van der Waals surface area contributed by atoms with Crippen molar-refractivity contribution in [3.05, 3.63) is 69.3 Å². The molecule has 0 aromatic heterocycles. The van der Waals surface area contributed by atoms with E-state index in [0.29, 0.717) is 21.4 Å². The minimum Gasteiger partial charge on any atom is -0.360 e. The molecule has 0 atom stereocenters. The summed E-state index contributed by atoms with van der Waals surface area (Å²) in [5.74, 6) is -0.585. The molecular weight excluding hydrogens is 357 g/mol. The minimum atomic E-state index is -0.585. The van der Waals surface area contributed by atoms with Gasteiger partial charge in [0.15, 0.2) is 0 Å². The third-order valence-electron chi connectivity index (χ3n) is 2.77. The van der Waals surface area contributed by atoms with Gasteiger partial charge in [-0.25, -0.2) is 0 Å². The molecule has 0 saturated heterocycles. The van der Waals surface area contributed by atoms with Gasteiger partial charge in [-0.15, -0.1) is 0 Å². The maximum Gasteiger partial charge on any atom is 0.267 e. The molecular formula is C16H10Cl3N3O. The zero-order chi connectivity index (χ0) is 16.8. The molecule has 0 unspecified atom stereocenters. The molecule has 0 fully saturated rings. The molecule has 0 aliphatic rings. The monoisotopic (exact) mass is 365 g/mol. The molecule has 1 amide bonds. The number of nitrogens with one attached hydrogen (secondary N) is 2. The molecule has 0 radical (unpaired) electrons. The van der Waals surface area contributed by atoms with Gasteiger partial charge in [-0.05, 0) is 42.5 Å². The van der Waals surface area contributed by atoms with Crippen molar-refractivity contribution in [2.24, 2.45) is 0 Å². The molecule has 0 heterocycles. The van der Waals surface area contributed by atoms with Gasteiger partial charge in [0.05, 0.1) is 10.7 Å². The van der Waals surface area contributed by atoms with Crippen LogP contribution < -0.4 is 10.6 Å². The fraction of sp³-hybridized carbons (Fsp3) is 0. The number of nitriles is 1. The molecule has 0 aliphatic heterocycles. The molecule has 0 bridgehead atoms. The van der Waals surface area contributed by atoms with Crippen LogP contribution in [0.3, 0.4) is 0 Å². The van der Waals surface area contributed by atoms with Gasteiger partial charge >= 0.3 is 0 Å². The number of hydrogen-bond donors (Lipinski definition) is 2. The summed E-state index contributed by atoms with van der Waals surface area (Å²) in [7, 11) is 0. The molecule has 116 valence electrons. The van der Waals surface area contributed by atoms with Gasteiger partial charge in [0.1, 0.15) is 11.6 Å². The highest BCUT2D eigenvalue weighted by molar-refractivity contribution is 6.36. The molecule has 0 aliphatic carbocycles. The summed E-state index contributed by atoms with van der Waals surface area (Å²) >= 11 is 17.6. The number of carbonyl (C=O) groups is 1. The largest absolute Gasteiger partial charge is 0.360 e. The van der Waals surface area contributed by atoms with Gasteiger partial charge in [-0.1, -0.05) is 34.8 Å². The number of hydrogen-bond acceptors (Lipinski definition) is 3. The Morgan fingerprint density at radius 2 is 1.70 bits per heavy atom. The summed E-state index contributed by atoms with van der Waals surface area (Å²) in [6, 6.07) is 13.3. The lowest BCUT2D eigenvalue weighted by molar-refractivity contribution is -0.112. The number of anilines is 2. The Balaban J connectivity index is 2.10. The molecule has 23 heavy (non-hydrogen) atoms. The first kappa shape index (κ1) is 17.2. The molecule has 2 N–H and O–H groups in total. The van der Waals surface area contributed by atoms with E-state index in [2.05, 4.69) is 10.6 Å². The van der Waals surface area contributed by atoms with Crippen LogP contribution >= 0.6 is 34.8 Å². The van der Waals surface area contributed by atoms with Gasteiger partial charge in [0.2, 0.25) is 0 Å². The second-order valence-corrected chi connectivity index (χ2v) is 5.68. The van der Waals surface area contributed by atoms with Crippen molar-refractivity contribution in [1.82, 2.24) is 0 Å². The lowest BCUT2D eigenvalue weighted by Crippen LogP contribution is -2.14. The maximum atomic E-state index is 12.1. The zero-order valence-electron chi connectivity index (χ0n) is 11.6. The number of rotatable bonds is 4. The van der Waals surface area contributed by atoms with Crippen molar-refractivity contribution in [1.29, 1.82) is 5.26 Å². The van der Waals surface area contributed by atoms with E-state index >= 15 is 0 Å². The highest BCUT2D eigenvalue weighted by atomic mass is 35.5. The molecule has 2 aromatic carbocycles. The number of benzene rings is 2. The number of carbonyl (C=O) groups excluding carboxylic acids is 1. The van der Waals surface area contributed by atoms with Crippen LogP contribution in [0, 0.1) is 11.3 Å². The quantitative estimate of drug-likeness (QED) is 0.584. The number of amides is 1. The first-order valence-corrected chi connectivity index (χ1v) is 7.52. The Hall–Kier alpha value is -2.19. The summed E-state index contributed by atoms with van der Waals surface area (Å²) in [6.45, 7) is 0. The Labute approximate surface area is 148 Å². The van der Waals surface area contributed by atoms with Crippen molar-refractivity contribution in [3.63, 3.8) is 0 Å². The third kappa shape index (κ3) is 4.90. The third-order valence-corrected chi connectivity index (χ3v) is 3.57. The Morgan fingerprint density at radius 3 is 2.30 bits per heavy atom. The molecule has 7 heteroatoms. The average molecular weight is 367 g/mol. The standard InChI is InChI=1S/C16H10Cl3N3O/c17-11-1-4-13(5-2-11)21-9-10(8-20)16(23)22-15-6-3-12(18)7-14(15)19/h1-7,9,21H,(H,22,23)/b10-9-. The molecule has 0 spiro atoms. The van der Waals surface area contributed by atoms with Crippen molar-refractivity contribution < 1.29 is 4.79 Å². The van der Waals surface area contributed by atoms with E-state index in [-0.39, 0.29) is 10.6 Å². The molecule has 2 rings (SSSR count). The van der Waals surface area contributed by atoms with Gasteiger partial charge in [-0.3, -0.25) is 4.79 Å². The topological polar surface area (TPSA) is 64.9 Å². The van der Waals surface area contributed by atoms with E-state index in [0.717, 1.165) is 0 Å². The van der Waals surface area contributed by atoms with Crippen molar-refractivity contribution in [3.8, 4) is 6.07 Å². The zero-order valence-corrected chi connectivity index (χ0v) is 13.9. The second-order valence-electron chi connectivity index (χ2n) is 4.40. The smallest absolute Gasteiger partial charge is 0.267 e. The van der Waals surface area contributed by atoms with Gasteiger partial charge < -0.3 is 10.6 Å². The van der Waals surface area contributed by atoms with Crippen molar-refractivity contribution in [2.45, 2.75) is 0 Å². The first-order chi connectivity index (χ1) is 11.0. The lowest BCUT2D eigenvalue weighted by Gasteiger charge is -2.07. The second kappa shape index (κ2) is 7.89. The van der Waals surface area contributed by atoms with E-state index in [1.165, 1.54) is 12.3 Å². The summed E-state index contributed by atoms with van der Waals surface area (Å²) in [5.41, 5.74) is 0.958. The average Bonchev–Trinajstić information content (AvgIpc) is 2.52. The van der Waals surface area contributed by atoms with Gasteiger partial charge in [0.25, 0.3) is 5.91 Å². The first-order valence-electron chi connectivity index (χ1n) is 6.38. The van der Waals surface area contributed by atoms with Crippen LogP contribution in [0.15, 0.2) is 54.2 Å². The Bertz CT molecular complexity index is 795. The normalized spacial score (nSPS) is 10.8. The Kier molecular flexibility index (Phi) is 5.89. The van der Waals surface area contributed by atoms with E-state index in [1.54, 1.807) is 36.4 Å². The van der Waals surface area contributed by atoms with E-state index in [4.69, 9.17) is 40.1 Å². The summed E-state index contributed by atoms with van der Waals surface area (Å²) in [4.78, 5) is 12.1. The van der Waals surface area contributed by atoms with Crippen molar-refractivity contribution in [2.75, 3.05) is 10.6 Å². The predicted octanol–water partition coefficient (Wildman–Crippen LogP) is 5.10. The predicted molar refractivity (Wildman–Crippen MR) is 93.9 cm³/mol. The maximum absolute atomic E-state index is 12.1. The van der Waals surface area contributed by atoms with Gasteiger partial charge in [0, 0.05) is 21.9 Å². The molecule has 2 aromatic rings. The summed E-state index contributed by atoms with van der Waals surface area (Å²) in [6.07, 6.45) is 1.31. The molecule has 4 nitrogen and oxygen atoms in total. The summed E-state index contributed by atoms with van der Waals surface area (Å²) < 4.78 is 0. The van der Waals surface area contributed by atoms with E-state index in [1.807, 2.05) is 6.07 Å². The van der Waals surface area contributed by atoms with Crippen molar-refractivity contribution >= 4 is 52.1 Å². The SMILES string of the molecule is N#C/C(=C/Nc1ccc(Cl)cc1)C(=O)Nc1ccc(Cl)cc1Cl. The fourth-order valence-electron chi connectivity index (χ4n) is 1.63. The van der Waals surface area contributed by atoms with Crippen LogP contribution in [0.5, 0.6) is 0 Å². The highest BCUT2D eigenvalue weighted by Crippen LogP contribution is 2.25. The van der Waals surface area contributed by atoms with Crippen LogP contribution in [0.1, 0.15) is 0 Å². The minimum absolute atomic E-state index is 0.106. The van der Waals surface area contributed by atoms with Gasteiger partial charge in [-0.2, -0.15) is 5.26 Å². The van der Waals surface area contributed by atoms with E-state index < -0.39 is 5.91 Å². The van der Waals surface area contributed by atoms with Crippen LogP contribution in [0.4, 0.5) is 11.4 Å². The van der Waals surface area contributed by atoms with Crippen LogP contribution in [-0.4, -0.2) is 5.91 Å². The lowest BCUT2D eigenvalue weighted by atomic mass is 10.2. The van der Waals surface area contributed by atoms with Crippen LogP contribution in [0.2, 0.25) is 15.1 Å². The fourth-order valence-corrected chi connectivity index (χ4v) is 2.21. The molecule has 0 saturated carbocycles. The van der Waals surface area contributed by atoms with E-state index in [9.17, 15) is 4.79 Å². The van der Waals surface area contributed by atoms with Crippen LogP contribution in [-0.2, 0) is 4.79 Å². The number of halogens is 3. The van der Waals surface area contributed by atoms with Crippen LogP contribution in [0.25, 0.3) is 0 Å². The summed E-state index contributed by atoms with van der Waals surface area (Å²) in [5, 5.41) is 15.9. The Morgan fingerprint density at radius 1 is 1.04 bits per heavy atom.